The van der Waals surface area contributed by atoms with Crippen LogP contribution in [0.5, 0.6) is 5.75 Å². The maximum atomic E-state index is 12.8. The Hall–Kier alpha value is -0.340. The molecule has 1 heterocycles. The summed E-state index contributed by atoms with van der Waals surface area (Å²) in [4.78, 5) is 0.266. The van der Waals surface area contributed by atoms with Crippen molar-refractivity contribution in [2.45, 2.75) is 23.8 Å². The highest BCUT2D eigenvalue weighted by molar-refractivity contribution is 9.10. The molecule has 1 aliphatic carbocycles. The molecule has 3 rings (SSSR count). The van der Waals surface area contributed by atoms with Crippen LogP contribution in [0.15, 0.2) is 27.6 Å². The van der Waals surface area contributed by atoms with Crippen molar-refractivity contribution < 1.29 is 13.2 Å². The SMILES string of the molecule is COc1cc(Br)cc(S(=O)(=O)N2CC3CCC(N)C3C2)c1.Cl. The van der Waals surface area contributed by atoms with E-state index in [1.165, 1.54) is 7.11 Å². The van der Waals surface area contributed by atoms with Crippen LogP contribution in [-0.2, 0) is 10.0 Å². The van der Waals surface area contributed by atoms with Crippen LogP contribution in [0.1, 0.15) is 12.8 Å². The summed E-state index contributed by atoms with van der Waals surface area (Å²) < 4.78 is 33.0. The first-order valence-electron chi connectivity index (χ1n) is 7.02. The molecule has 1 aliphatic heterocycles. The van der Waals surface area contributed by atoms with E-state index >= 15 is 0 Å². The van der Waals surface area contributed by atoms with Gasteiger partial charge in [-0.2, -0.15) is 4.31 Å². The van der Waals surface area contributed by atoms with Crippen LogP contribution >= 0.6 is 28.3 Å². The first-order valence-corrected chi connectivity index (χ1v) is 9.25. The number of fused-ring (bicyclic) bond motifs is 1. The number of rotatable bonds is 3. The molecular weight excluding hydrogens is 392 g/mol. The number of halogens is 2. The lowest BCUT2D eigenvalue weighted by molar-refractivity contribution is 0.411. The third-order valence-corrected chi connectivity index (χ3v) is 6.86. The molecule has 1 saturated carbocycles. The molecule has 1 saturated heterocycles. The van der Waals surface area contributed by atoms with Gasteiger partial charge in [0, 0.05) is 29.7 Å². The van der Waals surface area contributed by atoms with E-state index in [2.05, 4.69) is 15.9 Å². The minimum atomic E-state index is -3.49. The molecule has 2 N–H and O–H groups in total. The minimum absolute atomic E-state index is 0. The lowest BCUT2D eigenvalue weighted by Crippen LogP contribution is -2.33. The van der Waals surface area contributed by atoms with Gasteiger partial charge in [0.1, 0.15) is 5.75 Å². The van der Waals surface area contributed by atoms with Crippen molar-refractivity contribution in [3.63, 3.8) is 0 Å². The van der Waals surface area contributed by atoms with E-state index in [0.717, 1.165) is 12.8 Å². The quantitative estimate of drug-likeness (QED) is 0.828. The number of sulfonamides is 1. The third-order valence-electron chi connectivity index (χ3n) is 4.60. The van der Waals surface area contributed by atoms with E-state index in [0.29, 0.717) is 35.1 Å². The molecule has 3 unspecified atom stereocenters. The van der Waals surface area contributed by atoms with E-state index < -0.39 is 10.0 Å². The predicted molar refractivity (Wildman–Crippen MR) is 90.9 cm³/mol. The van der Waals surface area contributed by atoms with Crippen LogP contribution in [0.25, 0.3) is 0 Å². The molecule has 1 aromatic carbocycles. The Morgan fingerprint density at radius 3 is 2.64 bits per heavy atom. The van der Waals surface area contributed by atoms with Crippen LogP contribution in [0.2, 0.25) is 0 Å². The fraction of sp³-hybridized carbons (Fsp3) is 0.571. The molecule has 2 fully saturated rings. The fourth-order valence-electron chi connectivity index (χ4n) is 3.42. The topological polar surface area (TPSA) is 72.6 Å². The number of benzene rings is 1. The van der Waals surface area contributed by atoms with Crippen LogP contribution in [0, 0.1) is 11.8 Å². The predicted octanol–water partition coefficient (Wildman–Crippen LogP) is 2.24. The van der Waals surface area contributed by atoms with Crippen molar-refractivity contribution in [3.8, 4) is 5.75 Å². The van der Waals surface area contributed by atoms with Crippen molar-refractivity contribution in [2.75, 3.05) is 20.2 Å². The Balaban J connectivity index is 0.00000176. The summed E-state index contributed by atoms with van der Waals surface area (Å²) in [6, 6.07) is 5.06. The van der Waals surface area contributed by atoms with Gasteiger partial charge in [0.2, 0.25) is 10.0 Å². The first-order chi connectivity index (χ1) is 9.91. The van der Waals surface area contributed by atoms with Crippen LogP contribution in [-0.4, -0.2) is 39.0 Å². The minimum Gasteiger partial charge on any atom is -0.497 e. The number of nitrogens with two attached hydrogens (primary N) is 1. The Kier molecular flexibility index (Phi) is 5.44. The molecule has 0 spiro atoms. The first kappa shape index (κ1) is 18.0. The number of methoxy groups -OCH3 is 1. The van der Waals surface area contributed by atoms with Gasteiger partial charge in [-0.25, -0.2) is 8.42 Å². The van der Waals surface area contributed by atoms with Gasteiger partial charge in [-0.3, -0.25) is 0 Å². The average Bonchev–Trinajstić information content (AvgIpc) is 3.01. The van der Waals surface area contributed by atoms with E-state index in [9.17, 15) is 8.42 Å². The number of ether oxygens (including phenoxy) is 1. The number of hydrogen-bond acceptors (Lipinski definition) is 4. The molecule has 22 heavy (non-hydrogen) atoms. The summed E-state index contributed by atoms with van der Waals surface area (Å²) in [6.45, 7) is 1.11. The summed E-state index contributed by atoms with van der Waals surface area (Å²) in [7, 11) is -1.97. The van der Waals surface area contributed by atoms with E-state index in [4.69, 9.17) is 10.5 Å². The molecule has 0 radical (unpaired) electrons. The molecule has 0 bridgehead atoms. The number of hydrogen-bond donors (Lipinski definition) is 1. The maximum Gasteiger partial charge on any atom is 0.243 e. The van der Waals surface area contributed by atoms with Gasteiger partial charge >= 0.3 is 0 Å². The Morgan fingerprint density at radius 2 is 2.00 bits per heavy atom. The lowest BCUT2D eigenvalue weighted by atomic mass is 9.98. The van der Waals surface area contributed by atoms with Crippen LogP contribution < -0.4 is 10.5 Å². The molecule has 8 heteroatoms. The second-order valence-corrected chi connectivity index (χ2v) is 8.67. The van der Waals surface area contributed by atoms with Crippen molar-refractivity contribution in [1.82, 2.24) is 4.31 Å². The summed E-state index contributed by atoms with van der Waals surface area (Å²) in [5.41, 5.74) is 6.08. The Morgan fingerprint density at radius 1 is 1.27 bits per heavy atom. The molecular formula is C14H20BrClN2O3S. The van der Waals surface area contributed by atoms with Crippen molar-refractivity contribution in [2.24, 2.45) is 17.6 Å². The van der Waals surface area contributed by atoms with Gasteiger partial charge in [-0.05, 0) is 36.8 Å². The highest BCUT2D eigenvalue weighted by Gasteiger charge is 2.45. The zero-order chi connectivity index (χ0) is 15.2. The number of nitrogens with zero attached hydrogens (tertiary/aromatic N) is 1. The van der Waals surface area contributed by atoms with Crippen molar-refractivity contribution >= 4 is 38.4 Å². The maximum absolute atomic E-state index is 12.8. The van der Waals surface area contributed by atoms with E-state index in [1.807, 2.05) is 0 Å². The zero-order valence-corrected chi connectivity index (χ0v) is 15.5. The van der Waals surface area contributed by atoms with Crippen LogP contribution in [0.3, 0.4) is 0 Å². The zero-order valence-electron chi connectivity index (χ0n) is 12.2. The summed E-state index contributed by atoms with van der Waals surface area (Å²) in [5, 5.41) is 0. The Bertz CT molecular complexity index is 655. The summed E-state index contributed by atoms with van der Waals surface area (Å²) in [6.07, 6.45) is 2.04. The molecule has 5 nitrogen and oxygen atoms in total. The van der Waals surface area contributed by atoms with Crippen molar-refractivity contribution in [3.05, 3.63) is 22.7 Å². The molecule has 3 atom stereocenters. The molecule has 0 aromatic heterocycles. The third kappa shape index (κ3) is 3.14. The second kappa shape index (κ2) is 6.65. The van der Waals surface area contributed by atoms with Gasteiger partial charge in [0.25, 0.3) is 0 Å². The molecule has 124 valence electrons. The van der Waals surface area contributed by atoms with Gasteiger partial charge in [-0.15, -0.1) is 12.4 Å². The van der Waals surface area contributed by atoms with Gasteiger partial charge in [0.15, 0.2) is 0 Å². The highest BCUT2D eigenvalue weighted by Crippen LogP contribution is 2.39. The monoisotopic (exact) mass is 410 g/mol. The van der Waals surface area contributed by atoms with Crippen molar-refractivity contribution in [1.29, 1.82) is 0 Å². The Labute approximate surface area is 145 Å². The smallest absolute Gasteiger partial charge is 0.243 e. The van der Waals surface area contributed by atoms with E-state index in [-0.39, 0.29) is 23.3 Å². The standard InChI is InChI=1S/C14H19BrN2O3S.ClH/c1-20-11-4-10(15)5-12(6-11)21(18,19)17-7-9-2-3-14(16)13(9)8-17;/h4-6,9,13-14H,2-3,7-8,16H2,1H3;1H. The lowest BCUT2D eigenvalue weighted by Gasteiger charge is -2.19. The molecule has 0 amide bonds. The van der Waals surface area contributed by atoms with Gasteiger partial charge < -0.3 is 10.5 Å². The second-order valence-electron chi connectivity index (χ2n) is 5.81. The summed E-state index contributed by atoms with van der Waals surface area (Å²) in [5.74, 6) is 1.23. The largest absolute Gasteiger partial charge is 0.497 e. The van der Waals surface area contributed by atoms with Crippen LogP contribution in [0.4, 0.5) is 0 Å². The molecule has 1 aromatic rings. The molecule has 2 aliphatic rings. The average molecular weight is 412 g/mol. The van der Waals surface area contributed by atoms with Gasteiger partial charge in [0.05, 0.1) is 12.0 Å². The normalized spacial score (nSPS) is 28.2. The fourth-order valence-corrected chi connectivity index (χ4v) is 5.63. The van der Waals surface area contributed by atoms with E-state index in [1.54, 1.807) is 22.5 Å². The summed E-state index contributed by atoms with van der Waals surface area (Å²) >= 11 is 3.33. The van der Waals surface area contributed by atoms with Gasteiger partial charge in [-0.1, -0.05) is 15.9 Å². The highest BCUT2D eigenvalue weighted by atomic mass is 79.9.